The Morgan fingerprint density at radius 1 is 1.43 bits per heavy atom. The molecule has 0 saturated heterocycles. The first-order valence-corrected chi connectivity index (χ1v) is 7.69. The van der Waals surface area contributed by atoms with Gasteiger partial charge in [-0.3, -0.25) is 9.00 Å². The normalized spacial score (nSPS) is 13.7. The second-order valence-corrected chi connectivity index (χ2v) is 6.36. The van der Waals surface area contributed by atoms with Crippen molar-refractivity contribution < 1.29 is 17.9 Å². The highest BCUT2D eigenvalue weighted by Crippen LogP contribution is 2.12. The zero-order valence-corrected chi connectivity index (χ0v) is 12.4. The van der Waals surface area contributed by atoms with Crippen LogP contribution in [0.15, 0.2) is 34.9 Å². The zero-order valence-electron chi connectivity index (χ0n) is 11.6. The predicted molar refractivity (Wildman–Crippen MR) is 77.6 cm³/mol. The Labute approximate surface area is 124 Å². The molecule has 0 aliphatic carbocycles. The fourth-order valence-corrected chi connectivity index (χ4v) is 2.71. The summed E-state index contributed by atoms with van der Waals surface area (Å²) in [7, 11) is -1.41. The Kier molecular flexibility index (Phi) is 4.85. The van der Waals surface area contributed by atoms with Crippen LogP contribution in [0.1, 0.15) is 18.2 Å². The molecule has 2 rings (SSSR count). The molecule has 7 heteroatoms. The van der Waals surface area contributed by atoms with E-state index in [4.69, 9.17) is 4.52 Å². The lowest BCUT2D eigenvalue weighted by molar-refractivity contribution is -0.115. The fraction of sp³-hybridized carbons (Fsp3) is 0.286. The number of rotatable bonds is 5. The minimum Gasteiger partial charge on any atom is -0.360 e. The van der Waals surface area contributed by atoms with Crippen LogP contribution in [0.2, 0.25) is 0 Å². The van der Waals surface area contributed by atoms with Gasteiger partial charge in [-0.25, -0.2) is 4.39 Å². The van der Waals surface area contributed by atoms with E-state index >= 15 is 0 Å². The molecular weight excluding hydrogens is 295 g/mol. The van der Waals surface area contributed by atoms with E-state index < -0.39 is 22.0 Å². The van der Waals surface area contributed by atoms with Gasteiger partial charge in [0.1, 0.15) is 16.8 Å². The standard InChI is InChI=1S/C14H15FN2O3S/c1-9-7-13(17-20-9)16-14(18)10(2)21(19)8-11-3-5-12(15)6-4-11/h3-7,10H,8H2,1-2H3,(H,16,17,18)/t10-,21-/m1/s1. The number of anilines is 1. The third-order valence-corrected chi connectivity index (χ3v) is 4.49. The minimum absolute atomic E-state index is 0.187. The number of carbonyl (C=O) groups is 1. The van der Waals surface area contributed by atoms with Gasteiger partial charge in [0, 0.05) is 22.6 Å². The van der Waals surface area contributed by atoms with Gasteiger partial charge >= 0.3 is 0 Å². The van der Waals surface area contributed by atoms with Crippen molar-refractivity contribution in [2.45, 2.75) is 24.9 Å². The Hall–Kier alpha value is -2.02. The lowest BCUT2D eigenvalue weighted by Gasteiger charge is -2.10. The summed E-state index contributed by atoms with van der Waals surface area (Å²) in [5, 5.41) is 5.47. The van der Waals surface area contributed by atoms with E-state index in [1.54, 1.807) is 32.0 Å². The Morgan fingerprint density at radius 2 is 2.10 bits per heavy atom. The van der Waals surface area contributed by atoms with Crippen LogP contribution in [0.5, 0.6) is 0 Å². The number of halogens is 1. The zero-order chi connectivity index (χ0) is 15.4. The van der Waals surface area contributed by atoms with E-state index in [0.29, 0.717) is 17.1 Å². The summed E-state index contributed by atoms with van der Waals surface area (Å²) in [4.78, 5) is 12.0. The number of amides is 1. The van der Waals surface area contributed by atoms with Gasteiger partial charge in [0.2, 0.25) is 5.91 Å². The van der Waals surface area contributed by atoms with Gasteiger partial charge in [-0.2, -0.15) is 0 Å². The lowest BCUT2D eigenvalue weighted by atomic mass is 10.2. The van der Waals surface area contributed by atoms with E-state index in [-0.39, 0.29) is 11.6 Å². The Bertz CT molecular complexity index is 654. The molecule has 1 aromatic heterocycles. The third kappa shape index (κ3) is 4.22. The van der Waals surface area contributed by atoms with Crippen LogP contribution >= 0.6 is 0 Å². The lowest BCUT2D eigenvalue weighted by Crippen LogP contribution is -2.29. The van der Waals surface area contributed by atoms with E-state index in [1.807, 2.05) is 0 Å². The summed E-state index contributed by atoms with van der Waals surface area (Å²) >= 11 is 0. The summed E-state index contributed by atoms with van der Waals surface area (Å²) in [6.07, 6.45) is 0. The molecule has 0 radical (unpaired) electrons. The second-order valence-electron chi connectivity index (χ2n) is 4.61. The van der Waals surface area contributed by atoms with Crippen molar-refractivity contribution in [3.8, 4) is 0 Å². The number of benzene rings is 1. The first-order chi connectivity index (χ1) is 9.95. The summed E-state index contributed by atoms with van der Waals surface area (Å²) < 4.78 is 29.8. The maximum absolute atomic E-state index is 12.8. The highest BCUT2D eigenvalue weighted by Gasteiger charge is 2.21. The summed E-state index contributed by atoms with van der Waals surface area (Å²) in [5.41, 5.74) is 0.715. The summed E-state index contributed by atoms with van der Waals surface area (Å²) in [6, 6.07) is 7.29. The maximum Gasteiger partial charge on any atom is 0.241 e. The molecular formula is C14H15FN2O3S. The second kappa shape index (κ2) is 6.62. The molecule has 1 amide bonds. The number of hydrogen-bond acceptors (Lipinski definition) is 4. The van der Waals surface area contributed by atoms with Crippen molar-refractivity contribution in [1.29, 1.82) is 0 Å². The largest absolute Gasteiger partial charge is 0.360 e. The smallest absolute Gasteiger partial charge is 0.241 e. The fourth-order valence-electron chi connectivity index (χ4n) is 1.64. The van der Waals surface area contributed by atoms with Crippen LogP contribution in [0.3, 0.4) is 0 Å². The van der Waals surface area contributed by atoms with Crippen LogP contribution < -0.4 is 5.32 Å². The molecule has 0 spiro atoms. The van der Waals surface area contributed by atoms with E-state index in [0.717, 1.165) is 0 Å². The number of hydrogen-bond donors (Lipinski definition) is 1. The molecule has 2 aromatic rings. The van der Waals surface area contributed by atoms with Gasteiger partial charge in [-0.15, -0.1) is 0 Å². The molecule has 0 unspecified atom stereocenters. The molecule has 21 heavy (non-hydrogen) atoms. The molecule has 2 atom stereocenters. The van der Waals surface area contributed by atoms with E-state index in [2.05, 4.69) is 10.5 Å². The van der Waals surface area contributed by atoms with Crippen LogP contribution in [-0.2, 0) is 21.3 Å². The molecule has 0 bridgehead atoms. The topological polar surface area (TPSA) is 72.2 Å². The van der Waals surface area contributed by atoms with Crippen LogP contribution in [0.25, 0.3) is 0 Å². The minimum atomic E-state index is -1.41. The molecule has 1 aromatic carbocycles. The molecule has 0 saturated carbocycles. The first-order valence-electron chi connectivity index (χ1n) is 6.31. The monoisotopic (exact) mass is 310 g/mol. The van der Waals surface area contributed by atoms with Gasteiger partial charge in [0.15, 0.2) is 5.82 Å². The molecule has 5 nitrogen and oxygen atoms in total. The molecule has 1 N–H and O–H groups in total. The number of nitrogens with one attached hydrogen (secondary N) is 1. The molecule has 1 heterocycles. The van der Waals surface area contributed by atoms with Crippen molar-refractivity contribution in [2.24, 2.45) is 0 Å². The van der Waals surface area contributed by atoms with Crippen LogP contribution in [-0.4, -0.2) is 20.5 Å². The summed E-state index contributed by atoms with van der Waals surface area (Å²) in [5.74, 6) is 0.307. The van der Waals surface area contributed by atoms with Crippen LogP contribution in [0.4, 0.5) is 10.2 Å². The quantitative estimate of drug-likeness (QED) is 0.920. The highest BCUT2D eigenvalue weighted by atomic mass is 32.2. The summed E-state index contributed by atoms with van der Waals surface area (Å²) in [6.45, 7) is 3.28. The number of nitrogens with zero attached hydrogens (tertiary/aromatic N) is 1. The average Bonchev–Trinajstić information content (AvgIpc) is 2.85. The van der Waals surface area contributed by atoms with Gasteiger partial charge < -0.3 is 9.84 Å². The van der Waals surface area contributed by atoms with Crippen molar-refractivity contribution in [1.82, 2.24) is 5.16 Å². The number of aryl methyl sites for hydroxylation is 1. The van der Waals surface area contributed by atoms with Gasteiger partial charge in [-0.05, 0) is 31.5 Å². The van der Waals surface area contributed by atoms with E-state index in [1.165, 1.54) is 12.1 Å². The average molecular weight is 310 g/mol. The van der Waals surface area contributed by atoms with Crippen molar-refractivity contribution in [3.63, 3.8) is 0 Å². The molecule has 0 aliphatic rings. The van der Waals surface area contributed by atoms with Crippen molar-refractivity contribution in [3.05, 3.63) is 47.5 Å². The van der Waals surface area contributed by atoms with Gasteiger partial charge in [-0.1, -0.05) is 17.3 Å². The number of aromatic nitrogens is 1. The maximum atomic E-state index is 12.8. The number of carbonyl (C=O) groups excluding carboxylic acids is 1. The van der Waals surface area contributed by atoms with Gasteiger partial charge in [0.05, 0.1) is 0 Å². The molecule has 0 aliphatic heterocycles. The van der Waals surface area contributed by atoms with E-state index in [9.17, 15) is 13.4 Å². The van der Waals surface area contributed by atoms with Gasteiger partial charge in [0.25, 0.3) is 0 Å². The molecule has 0 fully saturated rings. The van der Waals surface area contributed by atoms with Crippen molar-refractivity contribution in [2.75, 3.05) is 5.32 Å². The Balaban J connectivity index is 1.95. The predicted octanol–water partition coefficient (Wildman–Crippen LogP) is 2.40. The highest BCUT2D eigenvalue weighted by molar-refractivity contribution is 7.85. The third-order valence-electron chi connectivity index (χ3n) is 2.86. The van der Waals surface area contributed by atoms with Crippen molar-refractivity contribution >= 4 is 22.5 Å². The molecule has 112 valence electrons. The Morgan fingerprint density at radius 3 is 2.67 bits per heavy atom. The first kappa shape index (κ1) is 15.4. The van der Waals surface area contributed by atoms with Crippen LogP contribution in [0, 0.1) is 12.7 Å². The SMILES string of the molecule is Cc1cc(NC(=O)[C@@H](C)[S@](=O)Cc2ccc(F)cc2)no1.